The molecule has 0 radical (unpaired) electrons. The topological polar surface area (TPSA) is 35.5 Å². The summed E-state index contributed by atoms with van der Waals surface area (Å²) in [5, 5.41) is 0. The van der Waals surface area contributed by atoms with Crippen LogP contribution in [0.25, 0.3) is 0 Å². The zero-order valence-corrected chi connectivity index (χ0v) is 12.0. The standard InChI is InChI=1S/C17H18O3/c1-12-7-8-17(20-3)15(9-12)16(18)11-13-5-4-6-14(10-13)19-2/h4-10H,11H2,1-3H3. The fourth-order valence-corrected chi connectivity index (χ4v) is 2.10. The molecule has 0 saturated carbocycles. The monoisotopic (exact) mass is 270 g/mol. The summed E-state index contributed by atoms with van der Waals surface area (Å²) in [6.45, 7) is 1.96. The first-order chi connectivity index (χ1) is 9.63. The minimum atomic E-state index is 0.0406. The Morgan fingerprint density at radius 1 is 1.05 bits per heavy atom. The summed E-state index contributed by atoms with van der Waals surface area (Å²) >= 11 is 0. The van der Waals surface area contributed by atoms with Gasteiger partial charge in [0.1, 0.15) is 11.5 Å². The van der Waals surface area contributed by atoms with E-state index in [1.54, 1.807) is 14.2 Å². The van der Waals surface area contributed by atoms with Crippen LogP contribution in [0.15, 0.2) is 42.5 Å². The maximum absolute atomic E-state index is 12.4. The van der Waals surface area contributed by atoms with Gasteiger partial charge in [-0.05, 0) is 36.8 Å². The number of hydrogen-bond acceptors (Lipinski definition) is 3. The van der Waals surface area contributed by atoms with E-state index in [-0.39, 0.29) is 5.78 Å². The van der Waals surface area contributed by atoms with Crippen LogP contribution in [0.1, 0.15) is 21.5 Å². The van der Waals surface area contributed by atoms with Crippen molar-refractivity contribution in [3.8, 4) is 11.5 Å². The first kappa shape index (κ1) is 14.1. The third-order valence-electron chi connectivity index (χ3n) is 3.15. The molecule has 0 N–H and O–H groups in total. The molecule has 0 saturated heterocycles. The molecule has 104 valence electrons. The second-order valence-electron chi connectivity index (χ2n) is 4.66. The lowest BCUT2D eigenvalue weighted by Gasteiger charge is -2.09. The molecule has 0 fully saturated rings. The molecule has 3 heteroatoms. The zero-order valence-electron chi connectivity index (χ0n) is 12.0. The van der Waals surface area contributed by atoms with Gasteiger partial charge in [0.2, 0.25) is 0 Å². The van der Waals surface area contributed by atoms with Crippen LogP contribution in [0.4, 0.5) is 0 Å². The van der Waals surface area contributed by atoms with Crippen molar-refractivity contribution >= 4 is 5.78 Å². The lowest BCUT2D eigenvalue weighted by molar-refractivity contribution is 0.0990. The molecule has 0 atom stereocenters. The second kappa shape index (κ2) is 6.24. The Balaban J connectivity index is 2.25. The average molecular weight is 270 g/mol. The third-order valence-corrected chi connectivity index (χ3v) is 3.15. The minimum absolute atomic E-state index is 0.0406. The van der Waals surface area contributed by atoms with Crippen molar-refractivity contribution in [2.45, 2.75) is 13.3 Å². The smallest absolute Gasteiger partial charge is 0.170 e. The van der Waals surface area contributed by atoms with E-state index >= 15 is 0 Å². The first-order valence-corrected chi connectivity index (χ1v) is 6.45. The Morgan fingerprint density at radius 3 is 2.55 bits per heavy atom. The first-order valence-electron chi connectivity index (χ1n) is 6.45. The van der Waals surface area contributed by atoms with Gasteiger partial charge in [0.05, 0.1) is 19.8 Å². The number of rotatable bonds is 5. The zero-order chi connectivity index (χ0) is 14.5. The van der Waals surface area contributed by atoms with Crippen LogP contribution in [-0.2, 0) is 6.42 Å². The van der Waals surface area contributed by atoms with Crippen LogP contribution in [0.3, 0.4) is 0 Å². The molecule has 0 bridgehead atoms. The highest BCUT2D eigenvalue weighted by atomic mass is 16.5. The number of carbonyl (C=O) groups is 1. The van der Waals surface area contributed by atoms with Crippen molar-refractivity contribution in [3.05, 3.63) is 59.2 Å². The van der Waals surface area contributed by atoms with Crippen LogP contribution >= 0.6 is 0 Å². The van der Waals surface area contributed by atoms with Crippen molar-refractivity contribution in [1.82, 2.24) is 0 Å². The highest BCUT2D eigenvalue weighted by molar-refractivity contribution is 6.00. The summed E-state index contributed by atoms with van der Waals surface area (Å²) in [6, 6.07) is 13.2. The predicted molar refractivity (Wildman–Crippen MR) is 78.8 cm³/mol. The summed E-state index contributed by atoms with van der Waals surface area (Å²) in [4.78, 5) is 12.4. The molecule has 3 nitrogen and oxygen atoms in total. The van der Waals surface area contributed by atoms with Gasteiger partial charge in [-0.15, -0.1) is 0 Å². The van der Waals surface area contributed by atoms with Crippen molar-refractivity contribution in [2.75, 3.05) is 14.2 Å². The molecule has 0 aliphatic rings. The Morgan fingerprint density at radius 2 is 1.85 bits per heavy atom. The van der Waals surface area contributed by atoms with E-state index in [4.69, 9.17) is 9.47 Å². The highest BCUT2D eigenvalue weighted by Crippen LogP contribution is 2.22. The van der Waals surface area contributed by atoms with Gasteiger partial charge in [-0.2, -0.15) is 0 Å². The Bertz CT molecular complexity index is 617. The van der Waals surface area contributed by atoms with E-state index < -0.39 is 0 Å². The Hall–Kier alpha value is -2.29. The SMILES string of the molecule is COc1cccc(CC(=O)c2cc(C)ccc2OC)c1. The van der Waals surface area contributed by atoms with Gasteiger partial charge in [0.25, 0.3) is 0 Å². The number of benzene rings is 2. The number of carbonyl (C=O) groups excluding carboxylic acids is 1. The van der Waals surface area contributed by atoms with E-state index in [1.165, 1.54) is 0 Å². The van der Waals surface area contributed by atoms with Gasteiger partial charge in [-0.1, -0.05) is 23.8 Å². The third kappa shape index (κ3) is 3.18. The molecule has 0 aromatic heterocycles. The maximum atomic E-state index is 12.4. The van der Waals surface area contributed by atoms with Gasteiger partial charge in [-0.3, -0.25) is 4.79 Å². The van der Waals surface area contributed by atoms with Crippen LogP contribution < -0.4 is 9.47 Å². The summed E-state index contributed by atoms with van der Waals surface area (Å²) in [5.74, 6) is 1.41. The van der Waals surface area contributed by atoms with Crippen LogP contribution in [0, 0.1) is 6.92 Å². The summed E-state index contributed by atoms with van der Waals surface area (Å²) in [5.41, 5.74) is 2.59. The van der Waals surface area contributed by atoms with Crippen LogP contribution in [0.5, 0.6) is 11.5 Å². The van der Waals surface area contributed by atoms with Gasteiger partial charge < -0.3 is 9.47 Å². The maximum Gasteiger partial charge on any atom is 0.170 e. The van der Waals surface area contributed by atoms with Crippen LogP contribution in [-0.4, -0.2) is 20.0 Å². The van der Waals surface area contributed by atoms with Gasteiger partial charge in [0, 0.05) is 6.42 Å². The van der Waals surface area contributed by atoms with Crippen molar-refractivity contribution < 1.29 is 14.3 Å². The summed E-state index contributed by atoms with van der Waals surface area (Å²) < 4.78 is 10.4. The summed E-state index contributed by atoms with van der Waals surface area (Å²) in [6.07, 6.45) is 0.330. The molecule has 0 amide bonds. The Labute approximate surface area is 119 Å². The van der Waals surface area contributed by atoms with Crippen molar-refractivity contribution in [3.63, 3.8) is 0 Å². The van der Waals surface area contributed by atoms with E-state index in [9.17, 15) is 4.79 Å². The van der Waals surface area contributed by atoms with Gasteiger partial charge in [0.15, 0.2) is 5.78 Å². The highest BCUT2D eigenvalue weighted by Gasteiger charge is 2.13. The van der Waals surface area contributed by atoms with E-state index in [0.717, 1.165) is 16.9 Å². The van der Waals surface area contributed by atoms with E-state index in [1.807, 2.05) is 49.4 Å². The summed E-state index contributed by atoms with van der Waals surface area (Å²) in [7, 11) is 3.19. The van der Waals surface area contributed by atoms with Crippen molar-refractivity contribution in [1.29, 1.82) is 0 Å². The molecule has 2 aromatic carbocycles. The van der Waals surface area contributed by atoms with E-state index in [0.29, 0.717) is 17.7 Å². The fraction of sp³-hybridized carbons (Fsp3) is 0.235. The molecule has 0 unspecified atom stereocenters. The van der Waals surface area contributed by atoms with Gasteiger partial charge in [-0.25, -0.2) is 0 Å². The van der Waals surface area contributed by atoms with E-state index in [2.05, 4.69) is 0 Å². The molecule has 20 heavy (non-hydrogen) atoms. The normalized spacial score (nSPS) is 10.2. The lowest BCUT2D eigenvalue weighted by atomic mass is 10.0. The average Bonchev–Trinajstić information content (AvgIpc) is 2.47. The van der Waals surface area contributed by atoms with Gasteiger partial charge >= 0.3 is 0 Å². The number of methoxy groups -OCH3 is 2. The van der Waals surface area contributed by atoms with Crippen LogP contribution in [0.2, 0.25) is 0 Å². The minimum Gasteiger partial charge on any atom is -0.497 e. The molecule has 0 aliphatic carbocycles. The molecular weight excluding hydrogens is 252 g/mol. The molecule has 2 rings (SSSR count). The number of ketones is 1. The molecule has 2 aromatic rings. The van der Waals surface area contributed by atoms with Crippen molar-refractivity contribution in [2.24, 2.45) is 0 Å². The lowest BCUT2D eigenvalue weighted by Crippen LogP contribution is -2.06. The molecule has 0 aliphatic heterocycles. The fourth-order valence-electron chi connectivity index (χ4n) is 2.10. The largest absolute Gasteiger partial charge is 0.497 e. The predicted octanol–water partition coefficient (Wildman–Crippen LogP) is 3.44. The number of ether oxygens (including phenoxy) is 2. The molecule has 0 spiro atoms. The second-order valence-corrected chi connectivity index (χ2v) is 4.66. The molecular formula is C17H18O3. The number of hydrogen-bond donors (Lipinski definition) is 0. The number of Topliss-reactive ketones (excluding diaryl/α,β-unsaturated/α-hetero) is 1. The molecule has 0 heterocycles. The Kier molecular flexibility index (Phi) is 4.41. The quantitative estimate of drug-likeness (QED) is 0.781. The number of aryl methyl sites for hydroxylation is 1.